The van der Waals surface area contributed by atoms with Gasteiger partial charge in [-0.2, -0.15) is 0 Å². The predicted octanol–water partition coefficient (Wildman–Crippen LogP) is 5.11. The minimum absolute atomic E-state index is 0.0868. The van der Waals surface area contributed by atoms with Crippen molar-refractivity contribution in [3.63, 3.8) is 0 Å². The molecule has 1 saturated heterocycles. The van der Waals surface area contributed by atoms with Crippen molar-refractivity contribution in [1.29, 1.82) is 0 Å². The Morgan fingerprint density at radius 1 is 0.900 bits per heavy atom. The molecule has 8 nitrogen and oxygen atoms in total. The number of ether oxygens (including phenoxy) is 1. The summed E-state index contributed by atoms with van der Waals surface area (Å²) in [4.78, 5) is 45.6. The highest BCUT2D eigenvalue weighted by atomic mass is 16.6. The second-order valence-corrected chi connectivity index (χ2v) is 11.9. The molecule has 2 aliphatic heterocycles. The van der Waals surface area contributed by atoms with Crippen LogP contribution in [0.1, 0.15) is 56.3 Å². The minimum Gasteiger partial charge on any atom is -0.444 e. The maximum absolute atomic E-state index is 14.2. The van der Waals surface area contributed by atoms with E-state index in [1.54, 1.807) is 21.7 Å². The lowest BCUT2D eigenvalue weighted by Gasteiger charge is -2.37. The first-order valence-electron chi connectivity index (χ1n) is 13.9. The van der Waals surface area contributed by atoms with Gasteiger partial charge in [0.05, 0.1) is 0 Å². The van der Waals surface area contributed by atoms with Gasteiger partial charge in [0.15, 0.2) is 0 Å². The molecule has 0 radical (unpaired) electrons. The number of nitrogens with two attached hydrogens (primary N) is 1. The first kappa shape index (κ1) is 27.5. The molecule has 2 aliphatic rings. The van der Waals surface area contributed by atoms with E-state index < -0.39 is 11.6 Å². The van der Waals surface area contributed by atoms with Gasteiger partial charge in [-0.05, 0) is 79.3 Å². The standard InChI is InChI=1S/C32H38N4O4/c1-32(2,3)40-31(39)35-15-13-22(14-16-35)29(37)34(4)28(24-10-9-21-7-5-6-8-23(21)17-24)30(38)36-19-25-11-12-27(33)18-26(25)20-36/h5-12,17-18,22,28H,13-16,19-20,33H2,1-4H3/t28-/m1/s1. The van der Waals surface area contributed by atoms with Crippen molar-refractivity contribution >= 4 is 34.4 Å². The Kier molecular flexibility index (Phi) is 7.45. The largest absolute Gasteiger partial charge is 0.444 e. The van der Waals surface area contributed by atoms with E-state index in [1.807, 2.05) is 81.4 Å². The number of fused-ring (bicyclic) bond motifs is 2. The van der Waals surface area contributed by atoms with Crippen LogP contribution in [-0.2, 0) is 27.4 Å². The van der Waals surface area contributed by atoms with E-state index in [0.29, 0.717) is 44.7 Å². The van der Waals surface area contributed by atoms with E-state index in [4.69, 9.17) is 10.5 Å². The fraction of sp³-hybridized carbons (Fsp3) is 0.406. The van der Waals surface area contributed by atoms with Crippen LogP contribution in [0, 0.1) is 5.92 Å². The van der Waals surface area contributed by atoms with Crippen molar-refractivity contribution in [3.8, 4) is 0 Å². The van der Waals surface area contributed by atoms with Gasteiger partial charge in [-0.3, -0.25) is 9.59 Å². The monoisotopic (exact) mass is 542 g/mol. The molecular formula is C32H38N4O4. The highest BCUT2D eigenvalue weighted by molar-refractivity contribution is 5.92. The predicted molar refractivity (Wildman–Crippen MR) is 155 cm³/mol. The molecule has 0 bridgehead atoms. The second kappa shape index (κ2) is 10.8. The Hall–Kier alpha value is -4.07. The number of nitrogens with zero attached hydrogens (tertiary/aromatic N) is 3. The van der Waals surface area contributed by atoms with E-state index >= 15 is 0 Å². The van der Waals surface area contributed by atoms with Gasteiger partial charge in [-0.15, -0.1) is 0 Å². The molecule has 3 amide bonds. The number of hydrogen-bond donors (Lipinski definition) is 1. The normalized spacial score (nSPS) is 16.5. The van der Waals surface area contributed by atoms with Gasteiger partial charge in [0.25, 0.3) is 5.91 Å². The van der Waals surface area contributed by atoms with Crippen molar-refractivity contribution in [2.45, 2.75) is 58.3 Å². The molecule has 0 spiro atoms. The van der Waals surface area contributed by atoms with Crippen LogP contribution in [0.15, 0.2) is 60.7 Å². The first-order valence-corrected chi connectivity index (χ1v) is 13.9. The average Bonchev–Trinajstić information content (AvgIpc) is 3.35. The summed E-state index contributed by atoms with van der Waals surface area (Å²) in [5.41, 5.74) is 8.98. The number of carbonyl (C=O) groups is 3. The minimum atomic E-state index is -0.771. The number of amides is 3. The van der Waals surface area contributed by atoms with Gasteiger partial charge in [-0.1, -0.05) is 42.5 Å². The maximum Gasteiger partial charge on any atom is 0.410 e. The second-order valence-electron chi connectivity index (χ2n) is 11.9. The summed E-state index contributed by atoms with van der Waals surface area (Å²) >= 11 is 0. The summed E-state index contributed by atoms with van der Waals surface area (Å²) in [5.74, 6) is -0.488. The molecule has 0 unspecified atom stereocenters. The van der Waals surface area contributed by atoms with Crippen LogP contribution in [0.4, 0.5) is 10.5 Å². The van der Waals surface area contributed by atoms with E-state index in [-0.39, 0.29) is 23.8 Å². The molecule has 0 aromatic heterocycles. The third-order valence-electron chi connectivity index (χ3n) is 7.82. The van der Waals surface area contributed by atoms with E-state index in [0.717, 1.165) is 27.5 Å². The Labute approximate surface area is 235 Å². The number of likely N-dealkylation sites (tertiary alicyclic amines) is 1. The van der Waals surface area contributed by atoms with Crippen LogP contribution in [0.25, 0.3) is 10.8 Å². The number of piperidine rings is 1. The molecular weight excluding hydrogens is 504 g/mol. The summed E-state index contributed by atoms with van der Waals surface area (Å²) in [5, 5.41) is 2.09. The topological polar surface area (TPSA) is 96.2 Å². The highest BCUT2D eigenvalue weighted by Gasteiger charge is 2.38. The fourth-order valence-electron chi connectivity index (χ4n) is 5.70. The maximum atomic E-state index is 14.2. The summed E-state index contributed by atoms with van der Waals surface area (Å²) in [7, 11) is 1.72. The summed E-state index contributed by atoms with van der Waals surface area (Å²) < 4.78 is 5.51. The Balaban J connectivity index is 1.37. The van der Waals surface area contributed by atoms with Crippen LogP contribution in [0.5, 0.6) is 0 Å². The van der Waals surface area contributed by atoms with E-state index in [2.05, 4.69) is 0 Å². The third kappa shape index (κ3) is 5.76. The molecule has 1 fully saturated rings. The van der Waals surface area contributed by atoms with Gasteiger partial charge >= 0.3 is 6.09 Å². The SMILES string of the molecule is CN(C(=O)C1CCN(C(=O)OC(C)(C)C)CC1)[C@@H](C(=O)N1Cc2ccc(N)cc2C1)c1ccc2ccccc2c1. The molecule has 2 N–H and O–H groups in total. The van der Waals surface area contributed by atoms with Crippen molar-refractivity contribution in [2.75, 3.05) is 25.9 Å². The van der Waals surface area contributed by atoms with Crippen molar-refractivity contribution in [2.24, 2.45) is 5.92 Å². The molecule has 0 saturated carbocycles. The lowest BCUT2D eigenvalue weighted by molar-refractivity contribution is -0.148. The summed E-state index contributed by atoms with van der Waals surface area (Å²) in [6, 6.07) is 18.9. The van der Waals surface area contributed by atoms with Crippen LogP contribution < -0.4 is 5.73 Å². The molecule has 3 aromatic carbocycles. The van der Waals surface area contributed by atoms with Gasteiger partial charge in [0.2, 0.25) is 5.91 Å². The van der Waals surface area contributed by atoms with Crippen molar-refractivity contribution in [3.05, 3.63) is 77.4 Å². The van der Waals surface area contributed by atoms with Crippen molar-refractivity contribution in [1.82, 2.24) is 14.7 Å². The zero-order chi connectivity index (χ0) is 28.6. The van der Waals surface area contributed by atoms with Gasteiger partial charge in [0, 0.05) is 44.8 Å². The Morgan fingerprint density at radius 2 is 1.57 bits per heavy atom. The molecule has 2 heterocycles. The van der Waals surface area contributed by atoms with Gasteiger partial charge < -0.3 is 25.2 Å². The Bertz CT molecular complexity index is 1440. The molecule has 210 valence electrons. The number of carbonyl (C=O) groups excluding carboxylic acids is 3. The average molecular weight is 543 g/mol. The van der Waals surface area contributed by atoms with Crippen LogP contribution in [0.3, 0.4) is 0 Å². The summed E-state index contributed by atoms with van der Waals surface area (Å²) in [6.45, 7) is 7.34. The van der Waals surface area contributed by atoms with Crippen LogP contribution in [-0.4, -0.2) is 58.3 Å². The number of likely N-dealkylation sites (N-methyl/N-ethyl adjacent to an activating group) is 1. The first-order chi connectivity index (χ1) is 19.0. The number of benzene rings is 3. The molecule has 1 atom stereocenters. The number of hydrogen-bond acceptors (Lipinski definition) is 5. The number of rotatable bonds is 4. The van der Waals surface area contributed by atoms with Crippen LogP contribution >= 0.6 is 0 Å². The number of anilines is 1. The van der Waals surface area contributed by atoms with Gasteiger partial charge in [-0.25, -0.2) is 4.79 Å². The lowest BCUT2D eigenvalue weighted by atomic mass is 9.93. The highest BCUT2D eigenvalue weighted by Crippen LogP contribution is 2.33. The zero-order valence-electron chi connectivity index (χ0n) is 23.7. The van der Waals surface area contributed by atoms with Crippen LogP contribution in [0.2, 0.25) is 0 Å². The third-order valence-corrected chi connectivity index (χ3v) is 7.82. The summed E-state index contributed by atoms with van der Waals surface area (Å²) in [6.07, 6.45) is 0.690. The lowest BCUT2D eigenvalue weighted by Crippen LogP contribution is -2.48. The molecule has 5 rings (SSSR count). The number of nitrogen functional groups attached to an aromatic ring is 1. The van der Waals surface area contributed by atoms with Crippen molar-refractivity contribution < 1.29 is 19.1 Å². The van der Waals surface area contributed by atoms with E-state index in [9.17, 15) is 14.4 Å². The molecule has 3 aromatic rings. The Morgan fingerprint density at radius 3 is 2.27 bits per heavy atom. The molecule has 8 heteroatoms. The van der Waals surface area contributed by atoms with E-state index in [1.165, 1.54) is 0 Å². The van der Waals surface area contributed by atoms with Gasteiger partial charge in [0.1, 0.15) is 11.6 Å². The molecule has 40 heavy (non-hydrogen) atoms. The smallest absolute Gasteiger partial charge is 0.410 e. The zero-order valence-corrected chi connectivity index (χ0v) is 23.7. The molecule has 0 aliphatic carbocycles. The quantitative estimate of drug-likeness (QED) is 0.462. The fourth-order valence-corrected chi connectivity index (χ4v) is 5.70.